The van der Waals surface area contributed by atoms with Gasteiger partial charge in [-0.3, -0.25) is 9.69 Å². The number of benzene rings is 2. The lowest BCUT2D eigenvalue weighted by atomic mass is 10.1. The van der Waals surface area contributed by atoms with Gasteiger partial charge in [-0.15, -0.1) is 10.2 Å². The molecule has 0 saturated heterocycles. The van der Waals surface area contributed by atoms with E-state index < -0.39 is 11.9 Å². The van der Waals surface area contributed by atoms with Gasteiger partial charge in [0.1, 0.15) is 5.70 Å². The monoisotopic (exact) mass is 525 g/mol. The maximum absolute atomic E-state index is 13.1. The Morgan fingerprint density at radius 1 is 1.18 bits per heavy atom. The molecule has 3 rings (SSSR count). The Morgan fingerprint density at radius 3 is 2.44 bits per heavy atom. The third-order valence-corrected chi connectivity index (χ3v) is 6.73. The Balaban J connectivity index is 1.93. The van der Waals surface area contributed by atoms with Crippen molar-refractivity contribution in [3.8, 4) is 0 Å². The SMILES string of the molecule is CCSc1nnc(N(C)C(=O)c2ccc(C(C=C(N)C(F)(F)F)=Nc3ccccc3Cl)cc2)s1. The van der Waals surface area contributed by atoms with E-state index in [1.807, 2.05) is 6.92 Å². The molecule has 2 N–H and O–H groups in total. The maximum atomic E-state index is 13.1. The molecule has 34 heavy (non-hydrogen) atoms. The first-order chi connectivity index (χ1) is 16.1. The zero-order valence-corrected chi connectivity index (χ0v) is 20.4. The van der Waals surface area contributed by atoms with Gasteiger partial charge in [-0.2, -0.15) is 13.2 Å². The van der Waals surface area contributed by atoms with Gasteiger partial charge in [0, 0.05) is 18.2 Å². The molecule has 12 heteroatoms. The number of para-hydroxylation sites is 1. The number of rotatable bonds is 7. The highest BCUT2D eigenvalue weighted by Gasteiger charge is 2.32. The van der Waals surface area contributed by atoms with E-state index in [1.165, 1.54) is 52.3 Å². The molecule has 2 aromatic carbocycles. The Bertz CT molecular complexity index is 1230. The summed E-state index contributed by atoms with van der Waals surface area (Å²) in [6.07, 6.45) is -3.99. The molecule has 0 radical (unpaired) electrons. The molecule has 0 saturated carbocycles. The lowest BCUT2D eigenvalue weighted by Crippen LogP contribution is -2.26. The van der Waals surface area contributed by atoms with Crippen LogP contribution in [0, 0.1) is 0 Å². The third kappa shape index (κ3) is 6.37. The number of aromatic nitrogens is 2. The van der Waals surface area contributed by atoms with Gasteiger partial charge in [-0.1, -0.05) is 65.9 Å². The van der Waals surface area contributed by atoms with Gasteiger partial charge in [0.2, 0.25) is 5.13 Å². The van der Waals surface area contributed by atoms with Crippen LogP contribution in [0.5, 0.6) is 0 Å². The topological polar surface area (TPSA) is 84.5 Å². The zero-order chi connectivity index (χ0) is 24.9. The summed E-state index contributed by atoms with van der Waals surface area (Å²) in [5.41, 5.74) is 4.79. The van der Waals surface area contributed by atoms with Crippen molar-refractivity contribution in [2.45, 2.75) is 17.4 Å². The third-order valence-electron chi connectivity index (χ3n) is 4.40. The van der Waals surface area contributed by atoms with Crippen molar-refractivity contribution >= 4 is 57.1 Å². The van der Waals surface area contributed by atoms with Gasteiger partial charge in [0.15, 0.2) is 4.34 Å². The molecular weight excluding hydrogens is 507 g/mol. The molecule has 0 spiro atoms. The molecule has 178 valence electrons. The van der Waals surface area contributed by atoms with Crippen LogP contribution in [0.15, 0.2) is 69.6 Å². The quantitative estimate of drug-likeness (QED) is 0.229. The molecule has 3 aromatic rings. The summed E-state index contributed by atoms with van der Waals surface area (Å²) in [7, 11) is 1.58. The molecule has 0 aliphatic carbocycles. The normalized spacial score (nSPS) is 12.6. The number of hydrogen-bond donors (Lipinski definition) is 1. The molecule has 0 aliphatic heterocycles. The minimum Gasteiger partial charge on any atom is -0.395 e. The van der Waals surface area contributed by atoms with Crippen LogP contribution in [-0.2, 0) is 0 Å². The van der Waals surface area contributed by atoms with Gasteiger partial charge >= 0.3 is 6.18 Å². The fourth-order valence-electron chi connectivity index (χ4n) is 2.67. The lowest BCUT2D eigenvalue weighted by molar-refractivity contribution is -0.0925. The van der Waals surface area contributed by atoms with E-state index in [2.05, 4.69) is 15.2 Å². The molecule has 0 aliphatic rings. The standard InChI is InChI=1S/C22H19ClF3N5OS2/c1-3-33-21-30-29-20(34-21)31(2)19(32)14-10-8-13(9-11-14)17(12-18(27)22(24,25)26)28-16-7-5-4-6-15(16)23/h4-12H,3,27H2,1-2H3. The Kier molecular flexibility index (Phi) is 8.34. The Labute approximate surface area is 207 Å². The van der Waals surface area contributed by atoms with E-state index >= 15 is 0 Å². The predicted molar refractivity (Wildman–Crippen MR) is 131 cm³/mol. The summed E-state index contributed by atoms with van der Waals surface area (Å²) in [4.78, 5) is 18.5. The highest BCUT2D eigenvalue weighted by molar-refractivity contribution is 8.01. The van der Waals surface area contributed by atoms with Crippen LogP contribution < -0.4 is 10.6 Å². The average Bonchev–Trinajstić information content (AvgIpc) is 3.27. The average molecular weight is 526 g/mol. The summed E-state index contributed by atoms with van der Waals surface area (Å²) in [5, 5.41) is 8.77. The van der Waals surface area contributed by atoms with Crippen LogP contribution in [0.2, 0.25) is 5.02 Å². The predicted octanol–water partition coefficient (Wildman–Crippen LogP) is 6.11. The van der Waals surface area contributed by atoms with E-state index in [4.69, 9.17) is 17.3 Å². The number of thioether (sulfide) groups is 1. The second kappa shape index (κ2) is 11.0. The fourth-order valence-corrected chi connectivity index (χ4v) is 4.54. The van der Waals surface area contributed by atoms with Gasteiger partial charge in [0.25, 0.3) is 5.91 Å². The largest absolute Gasteiger partial charge is 0.430 e. The number of alkyl halides is 3. The van der Waals surface area contributed by atoms with Crippen molar-refractivity contribution < 1.29 is 18.0 Å². The van der Waals surface area contributed by atoms with E-state index in [-0.39, 0.29) is 22.3 Å². The Morgan fingerprint density at radius 2 is 1.82 bits per heavy atom. The number of anilines is 1. The first-order valence-electron chi connectivity index (χ1n) is 9.82. The van der Waals surface area contributed by atoms with Crippen LogP contribution in [-0.4, -0.2) is 40.8 Å². The molecule has 0 atom stereocenters. The van der Waals surface area contributed by atoms with Crippen LogP contribution in [0.25, 0.3) is 0 Å². The summed E-state index contributed by atoms with van der Waals surface area (Å²) in [6, 6.07) is 12.5. The number of aliphatic imine (C=N–C) groups is 1. The summed E-state index contributed by atoms with van der Waals surface area (Å²) in [5.74, 6) is 0.491. The first kappa shape index (κ1) is 25.7. The molecule has 0 fully saturated rings. The van der Waals surface area contributed by atoms with Crippen LogP contribution in [0.4, 0.5) is 24.0 Å². The zero-order valence-electron chi connectivity index (χ0n) is 18.0. The molecule has 0 unspecified atom stereocenters. The summed E-state index contributed by atoms with van der Waals surface area (Å²) in [6.45, 7) is 1.99. The van der Waals surface area contributed by atoms with Gasteiger partial charge in [0.05, 0.1) is 16.4 Å². The second-order valence-electron chi connectivity index (χ2n) is 6.77. The van der Waals surface area contributed by atoms with Crippen molar-refractivity contribution in [2.75, 3.05) is 17.7 Å². The summed E-state index contributed by atoms with van der Waals surface area (Å²) >= 11 is 8.94. The van der Waals surface area contributed by atoms with E-state index in [0.29, 0.717) is 16.3 Å². The van der Waals surface area contributed by atoms with Crippen molar-refractivity contribution in [1.29, 1.82) is 0 Å². The molecule has 0 bridgehead atoms. The summed E-state index contributed by atoms with van der Waals surface area (Å²) < 4.78 is 40.0. The first-order valence-corrected chi connectivity index (χ1v) is 12.0. The van der Waals surface area contributed by atoms with Crippen LogP contribution in [0.1, 0.15) is 22.8 Å². The maximum Gasteiger partial charge on any atom is 0.430 e. The Hall–Kier alpha value is -2.89. The van der Waals surface area contributed by atoms with Gasteiger partial charge < -0.3 is 5.73 Å². The smallest absolute Gasteiger partial charge is 0.395 e. The van der Waals surface area contributed by atoms with Crippen molar-refractivity contribution in [2.24, 2.45) is 10.7 Å². The fraction of sp³-hybridized carbons (Fsp3) is 0.182. The van der Waals surface area contributed by atoms with Crippen molar-refractivity contribution in [1.82, 2.24) is 10.2 Å². The molecular formula is C22H19ClF3N5OS2. The number of carbonyl (C=O) groups excluding carboxylic acids is 1. The van der Waals surface area contributed by atoms with Crippen LogP contribution >= 0.6 is 34.7 Å². The molecule has 1 aromatic heterocycles. The van der Waals surface area contributed by atoms with E-state index in [9.17, 15) is 18.0 Å². The van der Waals surface area contributed by atoms with Gasteiger partial charge in [-0.25, -0.2) is 4.99 Å². The van der Waals surface area contributed by atoms with E-state index in [1.54, 1.807) is 31.3 Å². The molecule has 6 nitrogen and oxygen atoms in total. The van der Waals surface area contributed by atoms with Gasteiger partial charge in [-0.05, 0) is 36.1 Å². The highest BCUT2D eigenvalue weighted by Crippen LogP contribution is 2.29. The number of nitrogens with zero attached hydrogens (tertiary/aromatic N) is 4. The van der Waals surface area contributed by atoms with Crippen LogP contribution in [0.3, 0.4) is 0 Å². The number of halogens is 4. The van der Waals surface area contributed by atoms with E-state index in [0.717, 1.165) is 16.2 Å². The minimum absolute atomic E-state index is 0.0550. The molecule has 1 heterocycles. The lowest BCUT2D eigenvalue weighted by Gasteiger charge is -2.14. The van der Waals surface area contributed by atoms with Crippen molar-refractivity contribution in [3.63, 3.8) is 0 Å². The minimum atomic E-state index is -4.73. The number of hydrogen-bond acceptors (Lipinski definition) is 7. The highest BCUT2D eigenvalue weighted by atomic mass is 35.5. The van der Waals surface area contributed by atoms with Crippen molar-refractivity contribution in [3.05, 3.63) is 76.5 Å². The number of carbonyl (C=O) groups is 1. The molecule has 1 amide bonds. The number of allylic oxidation sites excluding steroid dienone is 2. The number of nitrogens with two attached hydrogens (primary N) is 1. The number of amides is 1. The second-order valence-corrected chi connectivity index (χ2v) is 9.65.